The lowest BCUT2D eigenvalue weighted by atomic mass is 9.68. The van der Waals surface area contributed by atoms with Crippen molar-refractivity contribution >= 4 is 22.7 Å². The van der Waals surface area contributed by atoms with Crippen LogP contribution in [0.15, 0.2) is 34.2 Å². The lowest BCUT2D eigenvalue weighted by Crippen LogP contribution is -2.58. The summed E-state index contributed by atoms with van der Waals surface area (Å²) in [6.45, 7) is 1.93. The van der Waals surface area contributed by atoms with Gasteiger partial charge in [0, 0.05) is 24.2 Å². The molecule has 3 heterocycles. The smallest absolute Gasteiger partial charge is 0.360 e. The van der Waals surface area contributed by atoms with Gasteiger partial charge in [0.15, 0.2) is 5.69 Å². The Morgan fingerprint density at radius 1 is 0.973 bits per heavy atom. The molecule has 0 amide bonds. The van der Waals surface area contributed by atoms with Crippen molar-refractivity contribution in [1.29, 1.82) is 0 Å². The van der Waals surface area contributed by atoms with Crippen LogP contribution in [0.5, 0.6) is 0 Å². The van der Waals surface area contributed by atoms with Crippen molar-refractivity contribution in [1.82, 2.24) is 14.5 Å². The van der Waals surface area contributed by atoms with Crippen LogP contribution in [0.25, 0.3) is 11.0 Å². The normalized spacial score (nSPS) is 32.3. The van der Waals surface area contributed by atoms with Gasteiger partial charge in [0.2, 0.25) is 5.71 Å². The zero-order chi connectivity index (χ0) is 25.5. The number of para-hydroxylation sites is 2. The van der Waals surface area contributed by atoms with Crippen molar-refractivity contribution < 1.29 is 14.7 Å². The summed E-state index contributed by atoms with van der Waals surface area (Å²) in [6.07, 6.45) is 13.7. The first-order valence-electron chi connectivity index (χ1n) is 14.3. The molecule has 1 N–H and O–H groups in total. The molecular weight excluding hydrogens is 468 g/mol. The van der Waals surface area contributed by atoms with Crippen molar-refractivity contribution in [3.05, 3.63) is 40.3 Å². The SMILES string of the molecule is CCO/N=C(\C(=O)O)c1nc2ccccc2n(C2C[C@H]3CCC[C@@H](C2)N3C2C[C@H]3CCC[C@@H](C2)C3)c1=O. The third-order valence-corrected chi connectivity index (χ3v) is 9.40. The monoisotopic (exact) mass is 506 g/mol. The predicted octanol–water partition coefficient (Wildman–Crippen LogP) is 4.75. The molecule has 37 heavy (non-hydrogen) atoms. The summed E-state index contributed by atoms with van der Waals surface area (Å²) in [7, 11) is 0. The van der Waals surface area contributed by atoms with Crippen LogP contribution >= 0.6 is 0 Å². The number of aromatic nitrogens is 2. The minimum absolute atomic E-state index is 0.0101. The van der Waals surface area contributed by atoms with Crippen LogP contribution in [-0.4, -0.2) is 56.0 Å². The molecule has 2 saturated heterocycles. The maximum Gasteiger partial charge on any atom is 0.360 e. The molecule has 0 radical (unpaired) electrons. The maximum atomic E-state index is 13.9. The van der Waals surface area contributed by atoms with Gasteiger partial charge in [0.05, 0.1) is 11.0 Å². The van der Waals surface area contributed by atoms with Gasteiger partial charge in [-0.2, -0.15) is 0 Å². The summed E-state index contributed by atoms with van der Waals surface area (Å²) in [6, 6.07) is 9.19. The number of oxime groups is 1. The van der Waals surface area contributed by atoms with Crippen molar-refractivity contribution in [2.45, 2.75) is 102 Å². The maximum absolute atomic E-state index is 13.9. The molecule has 2 saturated carbocycles. The van der Waals surface area contributed by atoms with Gasteiger partial charge < -0.3 is 14.5 Å². The van der Waals surface area contributed by atoms with Crippen LogP contribution in [0.4, 0.5) is 0 Å². The number of piperidine rings is 2. The third-order valence-electron chi connectivity index (χ3n) is 9.40. The summed E-state index contributed by atoms with van der Waals surface area (Å²) in [5.74, 6) is 0.475. The second-order valence-corrected chi connectivity index (χ2v) is 11.6. The molecule has 2 aromatic rings. The molecule has 2 unspecified atom stereocenters. The summed E-state index contributed by atoms with van der Waals surface area (Å²) < 4.78 is 1.83. The summed E-state index contributed by atoms with van der Waals surface area (Å²) in [5.41, 5.74) is 0.407. The predicted molar refractivity (Wildman–Crippen MR) is 142 cm³/mol. The molecule has 1 aromatic heterocycles. The number of fused-ring (bicyclic) bond motifs is 5. The molecule has 4 bridgehead atoms. The Morgan fingerprint density at radius 3 is 2.32 bits per heavy atom. The average Bonchev–Trinajstić information content (AvgIpc) is 2.88. The Hall–Kier alpha value is -2.74. The Balaban J connectivity index is 1.37. The Labute approximate surface area is 217 Å². The van der Waals surface area contributed by atoms with E-state index in [0.717, 1.165) is 30.2 Å². The van der Waals surface area contributed by atoms with E-state index in [1.54, 1.807) is 6.92 Å². The molecule has 6 rings (SSSR count). The lowest BCUT2D eigenvalue weighted by molar-refractivity contribution is -0.129. The van der Waals surface area contributed by atoms with E-state index >= 15 is 0 Å². The molecule has 1 aromatic carbocycles. The van der Waals surface area contributed by atoms with Gasteiger partial charge in [-0.05, 0) is 75.8 Å². The molecule has 4 aliphatic rings. The van der Waals surface area contributed by atoms with Crippen LogP contribution in [-0.2, 0) is 9.63 Å². The molecule has 0 spiro atoms. The number of carbonyl (C=O) groups is 1. The number of rotatable bonds is 6. The lowest BCUT2D eigenvalue weighted by Gasteiger charge is -2.55. The van der Waals surface area contributed by atoms with Crippen LogP contribution in [0, 0.1) is 11.8 Å². The number of nitrogens with zero attached hydrogens (tertiary/aromatic N) is 4. The number of hydrogen-bond acceptors (Lipinski definition) is 6. The molecule has 6 atom stereocenters. The molecule has 2 aliphatic carbocycles. The van der Waals surface area contributed by atoms with E-state index in [4.69, 9.17) is 4.84 Å². The van der Waals surface area contributed by atoms with Crippen molar-refractivity contribution in [2.24, 2.45) is 17.0 Å². The highest BCUT2D eigenvalue weighted by atomic mass is 16.6. The van der Waals surface area contributed by atoms with Crippen molar-refractivity contribution in [2.75, 3.05) is 6.61 Å². The van der Waals surface area contributed by atoms with E-state index in [1.807, 2.05) is 28.8 Å². The van der Waals surface area contributed by atoms with Gasteiger partial charge >= 0.3 is 5.97 Å². The first-order valence-corrected chi connectivity index (χ1v) is 14.3. The molecule has 198 valence electrons. The summed E-state index contributed by atoms with van der Waals surface area (Å²) in [5, 5.41) is 13.6. The Kier molecular flexibility index (Phi) is 6.78. The second-order valence-electron chi connectivity index (χ2n) is 11.6. The zero-order valence-corrected chi connectivity index (χ0v) is 21.7. The van der Waals surface area contributed by atoms with Gasteiger partial charge in [0.25, 0.3) is 5.56 Å². The largest absolute Gasteiger partial charge is 0.476 e. The van der Waals surface area contributed by atoms with Gasteiger partial charge in [-0.15, -0.1) is 0 Å². The molecule has 8 heteroatoms. The van der Waals surface area contributed by atoms with E-state index in [0.29, 0.717) is 23.6 Å². The van der Waals surface area contributed by atoms with E-state index in [9.17, 15) is 14.7 Å². The minimum atomic E-state index is -1.31. The average molecular weight is 507 g/mol. The molecule has 8 nitrogen and oxygen atoms in total. The van der Waals surface area contributed by atoms with Crippen molar-refractivity contribution in [3.8, 4) is 0 Å². The van der Waals surface area contributed by atoms with Gasteiger partial charge in [-0.3, -0.25) is 9.69 Å². The van der Waals surface area contributed by atoms with Crippen LogP contribution < -0.4 is 5.56 Å². The Morgan fingerprint density at radius 2 is 1.65 bits per heavy atom. The van der Waals surface area contributed by atoms with Crippen LogP contribution in [0.3, 0.4) is 0 Å². The number of hydrogen-bond donors (Lipinski definition) is 1. The number of carboxylic acid groups (broad SMARTS) is 1. The highest BCUT2D eigenvalue weighted by Gasteiger charge is 2.45. The van der Waals surface area contributed by atoms with Gasteiger partial charge in [0.1, 0.15) is 6.61 Å². The minimum Gasteiger partial charge on any atom is -0.476 e. The molecule has 2 aliphatic heterocycles. The standard InChI is InChI=1S/C29H38N4O4/c1-2-37-31-27(29(35)36)26-28(34)33(25-12-4-3-11-24(25)30-26)23-16-20-9-6-10-21(17-23)32(20)22-14-18-7-5-8-19(13-18)15-22/h3-4,11-12,18-23H,2,5-10,13-17H2,1H3,(H,35,36)/b31-27-/t18-,19+,20-,21+,22?,23?. The summed E-state index contributed by atoms with van der Waals surface area (Å²) >= 11 is 0. The van der Waals surface area contributed by atoms with E-state index in [2.05, 4.69) is 15.0 Å². The number of aliphatic carboxylic acids is 1. The van der Waals surface area contributed by atoms with Crippen LogP contribution in [0.1, 0.15) is 89.3 Å². The van der Waals surface area contributed by atoms with E-state index in [1.165, 1.54) is 57.8 Å². The van der Waals surface area contributed by atoms with Gasteiger partial charge in [-0.1, -0.05) is 43.0 Å². The van der Waals surface area contributed by atoms with E-state index < -0.39 is 11.7 Å². The van der Waals surface area contributed by atoms with Crippen LogP contribution in [0.2, 0.25) is 0 Å². The number of benzene rings is 1. The molecular formula is C29H38N4O4. The van der Waals surface area contributed by atoms with Crippen molar-refractivity contribution in [3.63, 3.8) is 0 Å². The fourth-order valence-electron chi connectivity index (χ4n) is 8.12. The van der Waals surface area contributed by atoms with Gasteiger partial charge in [-0.25, -0.2) is 9.78 Å². The van der Waals surface area contributed by atoms with E-state index in [-0.39, 0.29) is 23.9 Å². The fourth-order valence-corrected chi connectivity index (χ4v) is 8.12. The first kappa shape index (κ1) is 24.6. The quantitative estimate of drug-likeness (QED) is 0.449. The highest BCUT2D eigenvalue weighted by Crippen LogP contribution is 2.47. The second kappa shape index (κ2) is 10.2. The Bertz CT molecular complexity index is 1230. The first-order chi connectivity index (χ1) is 18.0. The topological polar surface area (TPSA) is 97.0 Å². The highest BCUT2D eigenvalue weighted by molar-refractivity contribution is 6.41. The zero-order valence-electron chi connectivity index (χ0n) is 21.7. The summed E-state index contributed by atoms with van der Waals surface area (Å²) in [4.78, 5) is 38.3. The third kappa shape index (κ3) is 4.58. The molecule has 4 fully saturated rings. The fraction of sp³-hybridized carbons (Fsp3) is 0.655. The number of carboxylic acids is 1.